The molecule has 0 saturated heterocycles. The lowest BCUT2D eigenvalue weighted by molar-refractivity contribution is 0.439. The average molecular weight is 499 g/mol. The summed E-state index contributed by atoms with van der Waals surface area (Å²) in [6, 6.07) is 17.5. The molecule has 3 aromatic carbocycles. The van der Waals surface area contributed by atoms with Crippen molar-refractivity contribution in [1.82, 2.24) is 9.55 Å². The van der Waals surface area contributed by atoms with Gasteiger partial charge in [0.05, 0.1) is 11.1 Å². The molecule has 8 heteroatoms. The number of aryl methyl sites for hydroxylation is 1. The highest BCUT2D eigenvalue weighted by molar-refractivity contribution is 5.96. The first-order valence-corrected chi connectivity index (χ1v) is 11.7. The number of halogens is 2. The van der Waals surface area contributed by atoms with Gasteiger partial charge in [-0.2, -0.15) is 0 Å². The summed E-state index contributed by atoms with van der Waals surface area (Å²) in [6.07, 6.45) is 3.81. The molecule has 0 aliphatic carbocycles. The van der Waals surface area contributed by atoms with Crippen LogP contribution in [0.15, 0.2) is 83.9 Å². The smallest absolute Gasteiger partial charge is 0.265 e. The van der Waals surface area contributed by atoms with E-state index in [4.69, 9.17) is 10.5 Å². The highest BCUT2D eigenvalue weighted by atomic mass is 19.1. The van der Waals surface area contributed by atoms with E-state index in [-0.39, 0.29) is 17.1 Å². The molecule has 37 heavy (non-hydrogen) atoms. The van der Waals surface area contributed by atoms with Crippen LogP contribution in [-0.4, -0.2) is 9.55 Å². The molecule has 3 N–H and O–H groups in total. The summed E-state index contributed by atoms with van der Waals surface area (Å²) in [7, 11) is 0. The van der Waals surface area contributed by atoms with Gasteiger partial charge < -0.3 is 15.8 Å². The number of benzene rings is 3. The van der Waals surface area contributed by atoms with Gasteiger partial charge in [0.25, 0.3) is 5.56 Å². The van der Waals surface area contributed by atoms with Crippen LogP contribution in [0.4, 0.5) is 26.0 Å². The third kappa shape index (κ3) is 4.61. The second-order valence-electron chi connectivity index (χ2n) is 8.58. The van der Waals surface area contributed by atoms with Crippen molar-refractivity contribution in [3.63, 3.8) is 0 Å². The van der Waals surface area contributed by atoms with Crippen molar-refractivity contribution in [2.45, 2.75) is 20.3 Å². The van der Waals surface area contributed by atoms with Crippen LogP contribution < -0.4 is 21.3 Å². The molecule has 5 rings (SSSR count). The number of rotatable bonds is 6. The fourth-order valence-corrected chi connectivity index (χ4v) is 4.18. The maximum Gasteiger partial charge on any atom is 0.265 e. The Morgan fingerprint density at radius 2 is 1.78 bits per heavy atom. The van der Waals surface area contributed by atoms with Gasteiger partial charge in [0.1, 0.15) is 17.4 Å². The number of hydrogen-bond donors (Lipinski definition) is 2. The zero-order chi connectivity index (χ0) is 26.1. The number of nitrogens with one attached hydrogen (secondary N) is 1. The normalized spacial score (nSPS) is 11.0. The number of pyridine rings is 2. The third-order valence-electron chi connectivity index (χ3n) is 6.26. The van der Waals surface area contributed by atoms with E-state index in [2.05, 4.69) is 10.3 Å². The maximum atomic E-state index is 15.1. The van der Waals surface area contributed by atoms with Crippen LogP contribution in [0.3, 0.4) is 0 Å². The van der Waals surface area contributed by atoms with Crippen molar-refractivity contribution in [2.24, 2.45) is 0 Å². The second-order valence-corrected chi connectivity index (χ2v) is 8.58. The van der Waals surface area contributed by atoms with Crippen molar-refractivity contribution < 1.29 is 13.5 Å². The molecular formula is C29H24F2N4O2. The molecule has 0 amide bonds. The van der Waals surface area contributed by atoms with Crippen molar-refractivity contribution in [3.8, 4) is 17.2 Å². The zero-order valence-electron chi connectivity index (χ0n) is 20.3. The van der Waals surface area contributed by atoms with Gasteiger partial charge in [-0.1, -0.05) is 19.1 Å². The Labute approximate surface area is 212 Å². The monoisotopic (exact) mass is 498 g/mol. The molecular weight excluding hydrogens is 474 g/mol. The van der Waals surface area contributed by atoms with Gasteiger partial charge in [-0.05, 0) is 72.8 Å². The minimum Gasteiger partial charge on any atom is -0.454 e. The van der Waals surface area contributed by atoms with Gasteiger partial charge in [0.2, 0.25) is 0 Å². The van der Waals surface area contributed by atoms with Gasteiger partial charge in [-0.15, -0.1) is 0 Å². The van der Waals surface area contributed by atoms with Crippen LogP contribution >= 0.6 is 0 Å². The van der Waals surface area contributed by atoms with Crippen molar-refractivity contribution in [2.75, 3.05) is 11.1 Å². The molecule has 186 valence electrons. The summed E-state index contributed by atoms with van der Waals surface area (Å²) in [5.74, 6) is -0.208. The first-order valence-electron chi connectivity index (χ1n) is 11.7. The Bertz CT molecular complexity index is 1680. The lowest BCUT2D eigenvalue weighted by atomic mass is 10.0. The SMILES string of the molecule is CCc1ccc2ccn(-c3ccc(F)cc3)c(=O)c2c1Nc1ccc(Oc2ccnc(N)c2C)c(F)c1. The molecule has 2 aromatic heterocycles. The van der Waals surface area contributed by atoms with Crippen LogP contribution in [0.1, 0.15) is 18.1 Å². The van der Waals surface area contributed by atoms with E-state index in [1.165, 1.54) is 35.0 Å². The fraction of sp³-hybridized carbons (Fsp3) is 0.103. The summed E-state index contributed by atoms with van der Waals surface area (Å²) < 4.78 is 35.7. The van der Waals surface area contributed by atoms with Crippen molar-refractivity contribution in [3.05, 3.63) is 112 Å². The average Bonchev–Trinajstić information content (AvgIpc) is 2.89. The highest BCUT2D eigenvalue weighted by Crippen LogP contribution is 2.33. The molecule has 2 heterocycles. The molecule has 0 aliphatic rings. The first kappa shape index (κ1) is 24.0. The maximum absolute atomic E-state index is 15.1. The van der Waals surface area contributed by atoms with Crippen LogP contribution in [-0.2, 0) is 6.42 Å². The number of hydrogen-bond acceptors (Lipinski definition) is 5. The van der Waals surface area contributed by atoms with Crippen LogP contribution in [0.25, 0.3) is 16.5 Å². The standard InChI is InChI=1S/C29H24F2N4O2/c1-3-18-4-5-19-13-15-35(22-9-6-20(30)7-10-22)29(36)26(19)27(18)34-21-8-11-25(23(31)16-21)37-24-12-14-33-28(32)17(24)2/h4-16,34H,3H2,1-2H3,(H2,32,33). The predicted octanol–water partition coefficient (Wildman–Crippen LogP) is 6.65. The molecule has 0 atom stereocenters. The Morgan fingerprint density at radius 3 is 2.51 bits per heavy atom. The number of fused-ring (bicyclic) bond motifs is 1. The zero-order valence-corrected chi connectivity index (χ0v) is 20.3. The quantitative estimate of drug-likeness (QED) is 0.274. The van der Waals surface area contributed by atoms with Crippen LogP contribution in [0.5, 0.6) is 11.5 Å². The molecule has 0 bridgehead atoms. The number of nitrogens with two attached hydrogens (primary N) is 1. The van der Waals surface area contributed by atoms with Gasteiger partial charge in [-0.25, -0.2) is 13.8 Å². The lowest BCUT2D eigenvalue weighted by Crippen LogP contribution is -2.19. The van der Waals surface area contributed by atoms with Crippen LogP contribution in [0, 0.1) is 18.6 Å². The summed E-state index contributed by atoms with van der Waals surface area (Å²) in [4.78, 5) is 17.6. The number of aromatic nitrogens is 2. The molecule has 5 aromatic rings. The number of nitrogens with zero attached hydrogens (tertiary/aromatic N) is 2. The van der Waals surface area contributed by atoms with E-state index in [9.17, 15) is 9.18 Å². The number of anilines is 3. The van der Waals surface area contributed by atoms with E-state index < -0.39 is 5.82 Å². The van der Waals surface area contributed by atoms with Crippen LogP contribution in [0.2, 0.25) is 0 Å². The van der Waals surface area contributed by atoms with E-state index >= 15 is 4.39 Å². The third-order valence-corrected chi connectivity index (χ3v) is 6.26. The molecule has 0 aliphatic heterocycles. The minimum absolute atomic E-state index is 0.0338. The summed E-state index contributed by atoms with van der Waals surface area (Å²) >= 11 is 0. The van der Waals surface area contributed by atoms with Crippen molar-refractivity contribution in [1.29, 1.82) is 0 Å². The number of nitrogen functional groups attached to an aromatic ring is 1. The van der Waals surface area contributed by atoms with Gasteiger partial charge in [0.15, 0.2) is 11.6 Å². The van der Waals surface area contributed by atoms with E-state index in [0.29, 0.717) is 46.0 Å². The Kier molecular flexibility index (Phi) is 6.31. The minimum atomic E-state index is -0.582. The summed E-state index contributed by atoms with van der Waals surface area (Å²) in [5, 5.41) is 4.43. The second kappa shape index (κ2) is 9.73. The van der Waals surface area contributed by atoms with Gasteiger partial charge >= 0.3 is 0 Å². The topological polar surface area (TPSA) is 82.2 Å². The van der Waals surface area contributed by atoms with E-state index in [0.717, 1.165) is 10.9 Å². The lowest BCUT2D eigenvalue weighted by Gasteiger charge is -2.17. The summed E-state index contributed by atoms with van der Waals surface area (Å²) in [5.41, 5.74) is 8.65. The molecule has 0 saturated carbocycles. The Hall–Kier alpha value is -4.72. The van der Waals surface area contributed by atoms with E-state index in [1.54, 1.807) is 37.4 Å². The predicted molar refractivity (Wildman–Crippen MR) is 142 cm³/mol. The number of ether oxygens (including phenoxy) is 1. The molecule has 6 nitrogen and oxygen atoms in total. The fourth-order valence-electron chi connectivity index (χ4n) is 4.18. The molecule has 0 spiro atoms. The van der Waals surface area contributed by atoms with Crippen molar-refractivity contribution >= 4 is 28.0 Å². The summed E-state index contributed by atoms with van der Waals surface area (Å²) in [6.45, 7) is 3.73. The van der Waals surface area contributed by atoms with Gasteiger partial charge in [0, 0.05) is 35.4 Å². The molecule has 0 unspecified atom stereocenters. The molecule has 0 radical (unpaired) electrons. The largest absolute Gasteiger partial charge is 0.454 e. The van der Waals surface area contributed by atoms with E-state index in [1.807, 2.05) is 25.1 Å². The Morgan fingerprint density at radius 1 is 1.00 bits per heavy atom. The Balaban J connectivity index is 1.55. The van der Waals surface area contributed by atoms with Gasteiger partial charge in [-0.3, -0.25) is 9.36 Å². The highest BCUT2D eigenvalue weighted by Gasteiger charge is 2.15. The molecule has 0 fully saturated rings. The first-order chi connectivity index (χ1) is 17.9.